The fraction of sp³-hybridized carbons (Fsp3) is 0.250. The van der Waals surface area contributed by atoms with Gasteiger partial charge in [0.2, 0.25) is 0 Å². The van der Waals surface area contributed by atoms with Crippen molar-refractivity contribution in [2.75, 3.05) is 12.3 Å². The monoisotopic (exact) mass is 270 g/mol. The molecule has 2 N–H and O–H groups in total. The van der Waals surface area contributed by atoms with Gasteiger partial charge in [-0.2, -0.15) is 0 Å². The summed E-state index contributed by atoms with van der Waals surface area (Å²) in [5.41, 5.74) is 10.8. The lowest BCUT2D eigenvalue weighted by atomic mass is 9.99. The average molecular weight is 270 g/mol. The van der Waals surface area contributed by atoms with Gasteiger partial charge in [-0.3, -0.25) is 4.90 Å². The first-order valence-electron chi connectivity index (χ1n) is 6.59. The lowest BCUT2D eigenvalue weighted by molar-refractivity contribution is 0.245. The lowest BCUT2D eigenvalue weighted by Crippen LogP contribution is -2.29. The van der Waals surface area contributed by atoms with E-state index in [1.165, 1.54) is 16.7 Å². The molecule has 2 aromatic carbocycles. The van der Waals surface area contributed by atoms with Crippen LogP contribution >= 0.6 is 12.6 Å². The van der Waals surface area contributed by atoms with E-state index in [4.69, 9.17) is 5.73 Å². The molecule has 0 saturated carbocycles. The van der Waals surface area contributed by atoms with Crippen LogP contribution in [0.4, 0.5) is 5.69 Å². The summed E-state index contributed by atoms with van der Waals surface area (Å²) >= 11 is 4.39. The molecule has 19 heavy (non-hydrogen) atoms. The Morgan fingerprint density at radius 1 is 1.11 bits per heavy atom. The van der Waals surface area contributed by atoms with Crippen molar-refractivity contribution in [2.24, 2.45) is 0 Å². The number of hydrogen-bond acceptors (Lipinski definition) is 3. The molecule has 0 amide bonds. The molecule has 3 rings (SSSR count). The maximum atomic E-state index is 5.80. The molecule has 98 valence electrons. The van der Waals surface area contributed by atoms with E-state index in [-0.39, 0.29) is 0 Å². The van der Waals surface area contributed by atoms with Crippen molar-refractivity contribution >= 4 is 18.3 Å². The van der Waals surface area contributed by atoms with Crippen LogP contribution in [0, 0.1) is 0 Å². The molecule has 0 bridgehead atoms. The van der Waals surface area contributed by atoms with Crippen LogP contribution in [0.3, 0.4) is 0 Å². The molecule has 1 aliphatic heterocycles. The molecule has 3 heteroatoms. The van der Waals surface area contributed by atoms with Crippen LogP contribution in [0.1, 0.15) is 16.7 Å². The average Bonchev–Trinajstić information content (AvgIpc) is 2.43. The summed E-state index contributed by atoms with van der Waals surface area (Å²) < 4.78 is 0. The summed E-state index contributed by atoms with van der Waals surface area (Å²) in [4.78, 5) is 3.34. The topological polar surface area (TPSA) is 29.3 Å². The summed E-state index contributed by atoms with van der Waals surface area (Å²) in [6.45, 7) is 3.11. The molecule has 0 fully saturated rings. The van der Waals surface area contributed by atoms with Crippen molar-refractivity contribution in [1.82, 2.24) is 4.90 Å². The SMILES string of the molecule is Nc1ccc(CN2CCc3ccccc3C2)cc1S. The van der Waals surface area contributed by atoms with E-state index in [0.717, 1.165) is 36.6 Å². The summed E-state index contributed by atoms with van der Waals surface area (Å²) in [5.74, 6) is 0. The second-order valence-corrected chi connectivity index (χ2v) is 5.60. The highest BCUT2D eigenvalue weighted by Crippen LogP contribution is 2.22. The quantitative estimate of drug-likeness (QED) is 0.648. The van der Waals surface area contributed by atoms with Gasteiger partial charge >= 0.3 is 0 Å². The molecule has 0 spiro atoms. The van der Waals surface area contributed by atoms with Crippen molar-refractivity contribution in [1.29, 1.82) is 0 Å². The highest BCUT2D eigenvalue weighted by atomic mass is 32.1. The van der Waals surface area contributed by atoms with Crippen molar-refractivity contribution in [3.05, 3.63) is 59.2 Å². The zero-order valence-electron chi connectivity index (χ0n) is 10.8. The van der Waals surface area contributed by atoms with Crippen LogP contribution in [0.25, 0.3) is 0 Å². The zero-order valence-corrected chi connectivity index (χ0v) is 11.7. The van der Waals surface area contributed by atoms with E-state index < -0.39 is 0 Å². The molecule has 2 nitrogen and oxygen atoms in total. The van der Waals surface area contributed by atoms with Gasteiger partial charge in [-0.05, 0) is 35.2 Å². The molecule has 1 aliphatic rings. The number of nitrogen functional groups attached to an aromatic ring is 1. The predicted molar refractivity (Wildman–Crippen MR) is 82.4 cm³/mol. The normalized spacial score (nSPS) is 15.2. The third kappa shape index (κ3) is 2.77. The summed E-state index contributed by atoms with van der Waals surface area (Å²) in [6, 6.07) is 14.8. The van der Waals surface area contributed by atoms with Gasteiger partial charge in [-0.1, -0.05) is 30.3 Å². The fourth-order valence-electron chi connectivity index (χ4n) is 2.63. The molecule has 0 atom stereocenters. The van der Waals surface area contributed by atoms with Gasteiger partial charge < -0.3 is 5.73 Å². The highest BCUT2D eigenvalue weighted by Gasteiger charge is 2.15. The van der Waals surface area contributed by atoms with E-state index in [1.54, 1.807) is 0 Å². The molecular weight excluding hydrogens is 252 g/mol. The van der Waals surface area contributed by atoms with Crippen molar-refractivity contribution in [3.63, 3.8) is 0 Å². The number of nitrogens with two attached hydrogens (primary N) is 1. The Hall–Kier alpha value is -1.45. The van der Waals surface area contributed by atoms with Crippen LogP contribution < -0.4 is 5.73 Å². The van der Waals surface area contributed by atoms with E-state index in [0.29, 0.717) is 0 Å². The molecule has 0 aliphatic carbocycles. The van der Waals surface area contributed by atoms with Gasteiger partial charge in [0, 0.05) is 30.2 Å². The highest BCUT2D eigenvalue weighted by molar-refractivity contribution is 7.80. The Labute approximate surface area is 119 Å². The fourth-order valence-corrected chi connectivity index (χ4v) is 2.88. The minimum Gasteiger partial charge on any atom is -0.398 e. The zero-order chi connectivity index (χ0) is 13.2. The Balaban J connectivity index is 1.73. The first kappa shape index (κ1) is 12.6. The summed E-state index contributed by atoms with van der Waals surface area (Å²) in [7, 11) is 0. The second kappa shape index (κ2) is 5.27. The van der Waals surface area contributed by atoms with Gasteiger partial charge in [0.05, 0.1) is 0 Å². The van der Waals surface area contributed by atoms with Crippen molar-refractivity contribution < 1.29 is 0 Å². The third-order valence-electron chi connectivity index (χ3n) is 3.71. The largest absolute Gasteiger partial charge is 0.398 e. The minimum atomic E-state index is 0.746. The van der Waals surface area contributed by atoms with Gasteiger partial charge in [0.15, 0.2) is 0 Å². The number of fused-ring (bicyclic) bond motifs is 1. The van der Waals surface area contributed by atoms with E-state index in [2.05, 4.69) is 53.9 Å². The second-order valence-electron chi connectivity index (χ2n) is 5.12. The predicted octanol–water partition coefficient (Wildman–Crippen LogP) is 3.12. The first-order valence-corrected chi connectivity index (χ1v) is 7.03. The molecule has 0 aromatic heterocycles. The lowest BCUT2D eigenvalue weighted by Gasteiger charge is -2.28. The maximum Gasteiger partial charge on any atom is 0.0449 e. The van der Waals surface area contributed by atoms with E-state index >= 15 is 0 Å². The molecule has 0 saturated heterocycles. The van der Waals surface area contributed by atoms with E-state index in [1.807, 2.05) is 6.07 Å². The van der Waals surface area contributed by atoms with Crippen LogP contribution in [0.15, 0.2) is 47.4 Å². The maximum absolute atomic E-state index is 5.80. The molecule has 0 radical (unpaired) electrons. The summed E-state index contributed by atoms with van der Waals surface area (Å²) in [6.07, 6.45) is 1.14. The van der Waals surface area contributed by atoms with Gasteiger partial charge in [-0.15, -0.1) is 12.6 Å². The van der Waals surface area contributed by atoms with Crippen LogP contribution in [0.2, 0.25) is 0 Å². The Morgan fingerprint density at radius 3 is 2.68 bits per heavy atom. The number of nitrogens with zero attached hydrogens (tertiary/aromatic N) is 1. The van der Waals surface area contributed by atoms with Crippen molar-refractivity contribution in [2.45, 2.75) is 24.4 Å². The van der Waals surface area contributed by atoms with Crippen LogP contribution in [0.5, 0.6) is 0 Å². The standard InChI is InChI=1S/C16H18N2S/c17-15-6-5-12(9-16(15)19)10-18-8-7-13-3-1-2-4-14(13)11-18/h1-6,9,19H,7-8,10-11,17H2. The number of rotatable bonds is 2. The summed E-state index contributed by atoms with van der Waals surface area (Å²) in [5, 5.41) is 0. The third-order valence-corrected chi connectivity index (χ3v) is 4.10. The minimum absolute atomic E-state index is 0.746. The van der Waals surface area contributed by atoms with Crippen LogP contribution in [-0.4, -0.2) is 11.4 Å². The molecule has 0 unspecified atom stereocenters. The smallest absolute Gasteiger partial charge is 0.0449 e. The van der Waals surface area contributed by atoms with E-state index in [9.17, 15) is 0 Å². The first-order chi connectivity index (χ1) is 9.22. The Morgan fingerprint density at radius 2 is 1.89 bits per heavy atom. The molecular formula is C16H18N2S. The molecule has 1 heterocycles. The Kier molecular flexibility index (Phi) is 3.49. The van der Waals surface area contributed by atoms with Crippen molar-refractivity contribution in [3.8, 4) is 0 Å². The number of anilines is 1. The van der Waals surface area contributed by atoms with Gasteiger partial charge in [0.1, 0.15) is 0 Å². The number of thiol groups is 1. The Bertz CT molecular complexity index is 595. The number of hydrogen-bond donors (Lipinski definition) is 2. The van der Waals surface area contributed by atoms with Crippen LogP contribution in [-0.2, 0) is 19.5 Å². The van der Waals surface area contributed by atoms with Gasteiger partial charge in [-0.25, -0.2) is 0 Å². The molecule has 2 aromatic rings. The number of benzene rings is 2. The van der Waals surface area contributed by atoms with Gasteiger partial charge in [0.25, 0.3) is 0 Å².